The Hall–Kier alpha value is -2.47. The van der Waals surface area contributed by atoms with Crippen LogP contribution in [0.1, 0.15) is 12.8 Å². The first-order valence-corrected chi connectivity index (χ1v) is 8.03. The summed E-state index contributed by atoms with van der Waals surface area (Å²) in [5, 5.41) is 8.92. The van der Waals surface area contributed by atoms with E-state index < -0.39 is 0 Å². The van der Waals surface area contributed by atoms with Crippen molar-refractivity contribution >= 4 is 16.9 Å². The van der Waals surface area contributed by atoms with Crippen LogP contribution in [0.25, 0.3) is 16.7 Å². The molecule has 6 heteroatoms. The minimum atomic E-state index is 0.512. The second-order valence-electron chi connectivity index (χ2n) is 5.90. The van der Waals surface area contributed by atoms with Crippen molar-refractivity contribution in [1.29, 1.82) is 0 Å². The Labute approximate surface area is 135 Å². The molecule has 118 valence electrons. The first kappa shape index (κ1) is 14.1. The monoisotopic (exact) mass is 308 g/mol. The number of nitrogens with zero attached hydrogens (tertiary/aromatic N) is 5. The molecule has 3 aromatic rings. The molecule has 1 unspecified atom stereocenters. The van der Waals surface area contributed by atoms with E-state index in [9.17, 15) is 0 Å². The topological polar surface area (TPSA) is 58.9 Å². The Bertz CT molecular complexity index is 797. The van der Waals surface area contributed by atoms with Gasteiger partial charge in [-0.15, -0.1) is 0 Å². The molecule has 1 atom stereocenters. The maximum atomic E-state index is 4.54. The van der Waals surface area contributed by atoms with E-state index >= 15 is 0 Å². The standard InChI is InChI=1S/C17H20N6/c1-18-13-6-5-9-22(11-13)16-15-10-21-23(17(15)20-12-19-16)14-7-3-2-4-8-14/h2-4,7-8,10,12-13,18H,5-6,9,11H2,1H3. The predicted octanol–water partition coefficient (Wildman–Crippen LogP) is 2.00. The minimum absolute atomic E-state index is 0.512. The molecule has 0 aliphatic carbocycles. The van der Waals surface area contributed by atoms with Gasteiger partial charge in [-0.3, -0.25) is 0 Å². The lowest BCUT2D eigenvalue weighted by Crippen LogP contribution is -2.44. The number of likely N-dealkylation sites (N-methyl/N-ethyl adjacent to an activating group) is 1. The van der Waals surface area contributed by atoms with E-state index in [0.717, 1.165) is 35.6 Å². The summed E-state index contributed by atoms with van der Waals surface area (Å²) in [7, 11) is 2.02. The quantitative estimate of drug-likeness (QED) is 0.802. The molecule has 1 aliphatic heterocycles. The van der Waals surface area contributed by atoms with Crippen molar-refractivity contribution in [3.63, 3.8) is 0 Å². The smallest absolute Gasteiger partial charge is 0.168 e. The maximum Gasteiger partial charge on any atom is 0.168 e. The third-order valence-electron chi connectivity index (χ3n) is 4.47. The first-order valence-electron chi connectivity index (χ1n) is 8.03. The van der Waals surface area contributed by atoms with Crippen LogP contribution < -0.4 is 10.2 Å². The van der Waals surface area contributed by atoms with Crippen molar-refractivity contribution in [3.05, 3.63) is 42.9 Å². The van der Waals surface area contributed by atoms with Crippen molar-refractivity contribution < 1.29 is 0 Å². The molecule has 0 spiro atoms. The number of hydrogen-bond acceptors (Lipinski definition) is 5. The fraction of sp³-hybridized carbons (Fsp3) is 0.353. The third-order valence-corrected chi connectivity index (χ3v) is 4.47. The van der Waals surface area contributed by atoms with Crippen LogP contribution in [0.3, 0.4) is 0 Å². The lowest BCUT2D eigenvalue weighted by molar-refractivity contribution is 0.448. The molecule has 0 saturated carbocycles. The summed E-state index contributed by atoms with van der Waals surface area (Å²) in [6.45, 7) is 2.00. The molecule has 1 saturated heterocycles. The molecule has 4 rings (SSSR count). The number of fused-ring (bicyclic) bond motifs is 1. The molecular weight excluding hydrogens is 288 g/mol. The Balaban J connectivity index is 1.76. The van der Waals surface area contributed by atoms with Crippen molar-refractivity contribution in [2.45, 2.75) is 18.9 Å². The Morgan fingerprint density at radius 2 is 2.04 bits per heavy atom. The first-order chi connectivity index (χ1) is 11.4. The van der Waals surface area contributed by atoms with Gasteiger partial charge in [-0.2, -0.15) is 5.10 Å². The number of para-hydroxylation sites is 1. The van der Waals surface area contributed by atoms with Crippen LogP contribution in [0.4, 0.5) is 5.82 Å². The number of benzene rings is 1. The van der Waals surface area contributed by atoms with E-state index in [2.05, 4.69) is 25.3 Å². The van der Waals surface area contributed by atoms with Crippen molar-refractivity contribution in [1.82, 2.24) is 25.1 Å². The lowest BCUT2D eigenvalue weighted by atomic mass is 10.1. The summed E-state index contributed by atoms with van der Waals surface area (Å²) in [5.41, 5.74) is 1.87. The fourth-order valence-corrected chi connectivity index (χ4v) is 3.25. The van der Waals surface area contributed by atoms with E-state index in [1.54, 1.807) is 6.33 Å². The highest BCUT2D eigenvalue weighted by Gasteiger charge is 2.22. The minimum Gasteiger partial charge on any atom is -0.354 e. The van der Waals surface area contributed by atoms with Crippen molar-refractivity contribution in [3.8, 4) is 5.69 Å². The summed E-state index contributed by atoms with van der Waals surface area (Å²) in [6.07, 6.45) is 5.90. The van der Waals surface area contributed by atoms with Gasteiger partial charge in [0.15, 0.2) is 5.65 Å². The summed E-state index contributed by atoms with van der Waals surface area (Å²) in [4.78, 5) is 11.3. The number of rotatable bonds is 3. The van der Waals surface area contributed by atoms with Crippen LogP contribution in [0.15, 0.2) is 42.9 Å². The number of hydrogen-bond donors (Lipinski definition) is 1. The zero-order valence-electron chi connectivity index (χ0n) is 13.2. The van der Waals surface area contributed by atoms with Crippen LogP contribution >= 0.6 is 0 Å². The molecule has 0 amide bonds. The highest BCUT2D eigenvalue weighted by Crippen LogP contribution is 2.26. The Kier molecular flexibility index (Phi) is 3.67. The van der Waals surface area contributed by atoms with E-state index in [1.165, 1.54) is 12.8 Å². The van der Waals surface area contributed by atoms with Gasteiger partial charge < -0.3 is 10.2 Å². The number of piperidine rings is 1. The van der Waals surface area contributed by atoms with Crippen LogP contribution in [-0.2, 0) is 0 Å². The van der Waals surface area contributed by atoms with Gasteiger partial charge in [0.2, 0.25) is 0 Å². The molecule has 23 heavy (non-hydrogen) atoms. The normalized spacial score (nSPS) is 18.5. The summed E-state index contributed by atoms with van der Waals surface area (Å²) < 4.78 is 1.88. The predicted molar refractivity (Wildman–Crippen MR) is 91.0 cm³/mol. The average molecular weight is 308 g/mol. The van der Waals surface area contributed by atoms with E-state index in [4.69, 9.17) is 0 Å². The number of aromatic nitrogens is 4. The van der Waals surface area contributed by atoms with Crippen LogP contribution in [0, 0.1) is 0 Å². The van der Waals surface area contributed by atoms with Crippen LogP contribution in [0.5, 0.6) is 0 Å². The summed E-state index contributed by atoms with van der Waals surface area (Å²) in [6, 6.07) is 10.6. The van der Waals surface area contributed by atoms with E-state index in [0.29, 0.717) is 6.04 Å². The van der Waals surface area contributed by atoms with Crippen molar-refractivity contribution in [2.24, 2.45) is 0 Å². The largest absolute Gasteiger partial charge is 0.354 e. The number of anilines is 1. The lowest BCUT2D eigenvalue weighted by Gasteiger charge is -2.33. The molecule has 0 radical (unpaired) electrons. The molecule has 1 fully saturated rings. The van der Waals surface area contributed by atoms with Gasteiger partial charge in [-0.1, -0.05) is 18.2 Å². The Morgan fingerprint density at radius 1 is 1.17 bits per heavy atom. The third kappa shape index (κ3) is 2.55. The zero-order valence-corrected chi connectivity index (χ0v) is 13.2. The highest BCUT2D eigenvalue weighted by molar-refractivity contribution is 5.87. The second-order valence-corrected chi connectivity index (χ2v) is 5.90. The molecule has 1 aliphatic rings. The molecule has 1 aromatic carbocycles. The van der Waals surface area contributed by atoms with Gasteiger partial charge >= 0.3 is 0 Å². The summed E-state index contributed by atoms with van der Waals surface area (Å²) in [5.74, 6) is 0.983. The zero-order chi connectivity index (χ0) is 15.6. The molecule has 3 heterocycles. The molecule has 6 nitrogen and oxygen atoms in total. The molecule has 0 bridgehead atoms. The molecule has 1 N–H and O–H groups in total. The fourth-order valence-electron chi connectivity index (χ4n) is 3.25. The van der Waals surface area contributed by atoms with Gasteiger partial charge in [0.1, 0.15) is 12.1 Å². The second kappa shape index (κ2) is 5.96. The number of nitrogens with one attached hydrogen (secondary N) is 1. The van der Waals surface area contributed by atoms with E-state index in [-0.39, 0.29) is 0 Å². The Morgan fingerprint density at radius 3 is 2.87 bits per heavy atom. The van der Waals surface area contributed by atoms with Gasteiger partial charge in [-0.25, -0.2) is 14.6 Å². The maximum absolute atomic E-state index is 4.54. The SMILES string of the molecule is CNC1CCCN(c2ncnc3c2cnn3-c2ccccc2)C1. The average Bonchev–Trinajstić information content (AvgIpc) is 3.06. The molecule has 2 aromatic heterocycles. The van der Waals surface area contributed by atoms with Gasteiger partial charge in [0.25, 0.3) is 0 Å². The molecular formula is C17H20N6. The van der Waals surface area contributed by atoms with Crippen molar-refractivity contribution in [2.75, 3.05) is 25.0 Å². The van der Waals surface area contributed by atoms with Crippen LogP contribution in [0.2, 0.25) is 0 Å². The van der Waals surface area contributed by atoms with Gasteiger partial charge in [0, 0.05) is 19.1 Å². The summed E-state index contributed by atoms with van der Waals surface area (Å²) >= 11 is 0. The van der Waals surface area contributed by atoms with E-state index in [1.807, 2.05) is 48.3 Å². The van der Waals surface area contributed by atoms with Crippen LogP contribution in [-0.4, -0.2) is 45.9 Å². The highest BCUT2D eigenvalue weighted by atomic mass is 15.3. The van der Waals surface area contributed by atoms with Gasteiger partial charge in [0.05, 0.1) is 17.3 Å². The van der Waals surface area contributed by atoms with Gasteiger partial charge in [-0.05, 0) is 32.0 Å².